The normalized spacial score (nSPS) is 17.2. The molecule has 28 heavy (non-hydrogen) atoms. The van der Waals surface area contributed by atoms with E-state index in [1.165, 1.54) is 21.8 Å². The minimum Gasteiger partial charge on any atom is -0.437 e. The molecule has 0 radical (unpaired) electrons. The van der Waals surface area contributed by atoms with Gasteiger partial charge in [-0.25, -0.2) is 4.98 Å². The van der Waals surface area contributed by atoms with Crippen molar-refractivity contribution in [3.05, 3.63) is 45.1 Å². The summed E-state index contributed by atoms with van der Waals surface area (Å²) in [6, 6.07) is 5.83. The second-order valence-electron chi connectivity index (χ2n) is 7.56. The van der Waals surface area contributed by atoms with Crippen molar-refractivity contribution in [3.63, 3.8) is 0 Å². The smallest absolute Gasteiger partial charge is 0.231 e. The predicted octanol–water partition coefficient (Wildman–Crippen LogP) is 3.35. The van der Waals surface area contributed by atoms with E-state index < -0.39 is 0 Å². The van der Waals surface area contributed by atoms with Crippen molar-refractivity contribution in [1.82, 2.24) is 9.97 Å². The maximum atomic E-state index is 6.40. The summed E-state index contributed by atoms with van der Waals surface area (Å²) in [5.74, 6) is 2.15. The van der Waals surface area contributed by atoms with Gasteiger partial charge in [-0.2, -0.15) is 4.98 Å². The Bertz CT molecular complexity index is 1030. The maximum absolute atomic E-state index is 6.40. The number of morpholine rings is 1. The van der Waals surface area contributed by atoms with Crippen LogP contribution in [0, 0.1) is 6.92 Å². The average molecular weight is 417 g/mol. The Labute approximate surface area is 173 Å². The Kier molecular flexibility index (Phi) is 4.97. The van der Waals surface area contributed by atoms with Gasteiger partial charge in [0.1, 0.15) is 30.2 Å². The second-order valence-corrected chi connectivity index (χ2v) is 9.05. The number of hydrogen-bond acceptors (Lipinski definition) is 5. The molecule has 0 unspecified atom stereocenters. The van der Waals surface area contributed by atoms with Gasteiger partial charge < -0.3 is 14.4 Å². The molecule has 1 saturated heterocycles. The summed E-state index contributed by atoms with van der Waals surface area (Å²) in [4.78, 5) is 13.7. The molecule has 0 spiro atoms. The van der Waals surface area contributed by atoms with Gasteiger partial charge in [0.2, 0.25) is 5.88 Å². The lowest BCUT2D eigenvalue weighted by Crippen LogP contribution is -3.12. The monoisotopic (exact) mass is 416 g/mol. The molecular weight excluding hydrogens is 394 g/mol. The first-order valence-electron chi connectivity index (χ1n) is 9.84. The van der Waals surface area contributed by atoms with Crippen molar-refractivity contribution in [2.24, 2.45) is 0 Å². The Morgan fingerprint density at radius 3 is 2.93 bits per heavy atom. The third kappa shape index (κ3) is 3.50. The fraction of sp³-hybridized carbons (Fsp3) is 0.429. The number of quaternary nitrogens is 1. The van der Waals surface area contributed by atoms with E-state index in [0.29, 0.717) is 16.7 Å². The van der Waals surface area contributed by atoms with Gasteiger partial charge in [0.15, 0.2) is 5.82 Å². The quantitative estimate of drug-likeness (QED) is 0.708. The van der Waals surface area contributed by atoms with E-state index in [1.54, 1.807) is 11.3 Å². The molecule has 0 amide bonds. The van der Waals surface area contributed by atoms with Gasteiger partial charge in [-0.1, -0.05) is 17.7 Å². The Hall–Kier alpha value is -1.73. The molecule has 3 aromatic rings. The van der Waals surface area contributed by atoms with Gasteiger partial charge in [0.05, 0.1) is 23.6 Å². The number of aryl methyl sites for hydroxylation is 3. The highest BCUT2D eigenvalue weighted by atomic mass is 35.5. The lowest BCUT2D eigenvalue weighted by molar-refractivity contribution is -0.922. The molecule has 3 heterocycles. The van der Waals surface area contributed by atoms with Crippen LogP contribution in [0.4, 0.5) is 0 Å². The van der Waals surface area contributed by atoms with Crippen LogP contribution in [0.1, 0.15) is 28.2 Å². The van der Waals surface area contributed by atoms with Crippen molar-refractivity contribution >= 4 is 33.2 Å². The fourth-order valence-electron chi connectivity index (χ4n) is 4.01. The molecule has 146 valence electrons. The van der Waals surface area contributed by atoms with E-state index in [0.717, 1.165) is 67.3 Å². The molecule has 2 aliphatic rings. The van der Waals surface area contributed by atoms with Crippen LogP contribution in [0.2, 0.25) is 5.02 Å². The molecule has 0 atom stereocenters. The van der Waals surface area contributed by atoms with E-state index in [9.17, 15) is 0 Å². The minimum absolute atomic E-state index is 0.601. The molecule has 5 nitrogen and oxygen atoms in total. The van der Waals surface area contributed by atoms with Crippen molar-refractivity contribution < 1.29 is 14.4 Å². The molecule has 2 aromatic heterocycles. The number of rotatable bonds is 4. The van der Waals surface area contributed by atoms with Crippen LogP contribution in [-0.2, 0) is 24.1 Å². The third-order valence-corrected chi connectivity index (χ3v) is 6.98. The highest BCUT2D eigenvalue weighted by molar-refractivity contribution is 7.19. The number of nitrogens with zero attached hydrogens (tertiary/aromatic N) is 2. The van der Waals surface area contributed by atoms with Crippen molar-refractivity contribution in [2.45, 2.75) is 32.7 Å². The topological polar surface area (TPSA) is 48.7 Å². The van der Waals surface area contributed by atoms with E-state index >= 15 is 0 Å². The van der Waals surface area contributed by atoms with Crippen molar-refractivity contribution in [3.8, 4) is 11.6 Å². The zero-order valence-electron chi connectivity index (χ0n) is 15.9. The zero-order chi connectivity index (χ0) is 19.1. The van der Waals surface area contributed by atoms with Crippen molar-refractivity contribution in [1.29, 1.82) is 0 Å². The fourth-order valence-corrected chi connectivity index (χ4v) is 5.44. The highest BCUT2D eigenvalue weighted by Crippen LogP contribution is 2.42. The average Bonchev–Trinajstić information content (AvgIpc) is 3.26. The molecule has 1 aliphatic carbocycles. The summed E-state index contributed by atoms with van der Waals surface area (Å²) in [6.07, 6.45) is 3.40. The van der Waals surface area contributed by atoms with Crippen LogP contribution < -0.4 is 9.64 Å². The molecule has 1 aromatic carbocycles. The molecule has 5 rings (SSSR count). The van der Waals surface area contributed by atoms with Gasteiger partial charge in [0.25, 0.3) is 0 Å². The van der Waals surface area contributed by atoms with Crippen LogP contribution >= 0.6 is 22.9 Å². The Morgan fingerprint density at radius 2 is 2.07 bits per heavy atom. The zero-order valence-corrected chi connectivity index (χ0v) is 17.5. The molecule has 0 bridgehead atoms. The predicted molar refractivity (Wildman–Crippen MR) is 111 cm³/mol. The second kappa shape index (κ2) is 7.59. The number of benzene rings is 1. The van der Waals surface area contributed by atoms with E-state index in [1.807, 2.05) is 25.1 Å². The third-order valence-electron chi connectivity index (χ3n) is 5.48. The van der Waals surface area contributed by atoms with Crippen LogP contribution in [0.25, 0.3) is 10.2 Å². The van der Waals surface area contributed by atoms with Crippen LogP contribution in [-0.4, -0.2) is 36.3 Å². The number of fused-ring (bicyclic) bond motifs is 3. The first-order valence-corrected chi connectivity index (χ1v) is 11.0. The summed E-state index contributed by atoms with van der Waals surface area (Å²) >= 11 is 8.20. The van der Waals surface area contributed by atoms with Crippen LogP contribution in [0.3, 0.4) is 0 Å². The summed E-state index contributed by atoms with van der Waals surface area (Å²) in [5, 5.41) is 1.68. The van der Waals surface area contributed by atoms with Crippen LogP contribution in [0.15, 0.2) is 18.2 Å². The van der Waals surface area contributed by atoms with Gasteiger partial charge in [0, 0.05) is 4.88 Å². The van der Waals surface area contributed by atoms with Gasteiger partial charge >= 0.3 is 0 Å². The maximum Gasteiger partial charge on any atom is 0.231 e. The summed E-state index contributed by atoms with van der Waals surface area (Å²) in [7, 11) is 0. The lowest BCUT2D eigenvalue weighted by atomic mass is 10.2. The molecule has 7 heteroatoms. The number of hydrogen-bond donors (Lipinski definition) is 1. The standard InChI is InChI=1S/C21H22ClN3O2S/c1-13-5-6-15(22)16(11-13)27-20-19-14-3-2-4-17(14)28-21(19)24-18(23-20)12-25-7-9-26-10-8-25/h5-6,11H,2-4,7-10,12H2,1H3/p+1. The number of nitrogens with one attached hydrogen (secondary N) is 1. The van der Waals surface area contributed by atoms with E-state index in [4.69, 9.17) is 31.0 Å². The van der Waals surface area contributed by atoms with Gasteiger partial charge in [-0.15, -0.1) is 11.3 Å². The summed E-state index contributed by atoms with van der Waals surface area (Å²) < 4.78 is 11.8. The molecule has 1 fully saturated rings. The minimum atomic E-state index is 0.601. The van der Waals surface area contributed by atoms with E-state index in [2.05, 4.69) is 0 Å². The van der Waals surface area contributed by atoms with Crippen LogP contribution in [0.5, 0.6) is 11.6 Å². The van der Waals surface area contributed by atoms with Gasteiger partial charge in [-0.05, 0) is 49.4 Å². The first-order chi connectivity index (χ1) is 13.7. The Morgan fingerprint density at radius 1 is 1.21 bits per heavy atom. The highest BCUT2D eigenvalue weighted by Gasteiger charge is 2.25. The van der Waals surface area contributed by atoms with Crippen molar-refractivity contribution in [2.75, 3.05) is 26.3 Å². The van der Waals surface area contributed by atoms with Gasteiger partial charge in [-0.3, -0.25) is 0 Å². The van der Waals surface area contributed by atoms with E-state index in [-0.39, 0.29) is 0 Å². The molecule has 0 saturated carbocycles. The summed E-state index contributed by atoms with van der Waals surface area (Å²) in [5.41, 5.74) is 2.47. The number of halogens is 1. The lowest BCUT2D eigenvalue weighted by Gasteiger charge is -2.23. The molecule has 1 aliphatic heterocycles. The molecule has 1 N–H and O–H groups in total. The number of aromatic nitrogens is 2. The number of ether oxygens (including phenoxy) is 2. The Balaban J connectivity index is 1.57. The number of thiophene rings is 1. The largest absolute Gasteiger partial charge is 0.437 e. The SMILES string of the molecule is Cc1ccc(Cl)c(Oc2nc(C[NH+]3CCOCC3)nc3sc4c(c23)CCC4)c1. The molecular formula is C21H23ClN3O2S+. The first kappa shape index (κ1) is 18.3. The summed E-state index contributed by atoms with van der Waals surface area (Å²) in [6.45, 7) is 6.40.